The lowest BCUT2D eigenvalue weighted by Crippen LogP contribution is -2.44. The molecule has 174 valence electrons. The number of nitrogens with one attached hydrogen (secondary N) is 2. The maximum absolute atomic E-state index is 12.8. The van der Waals surface area contributed by atoms with Crippen LogP contribution in [0, 0.1) is 0 Å². The molecule has 9 heteroatoms. The van der Waals surface area contributed by atoms with E-state index in [1.807, 2.05) is 30.3 Å². The summed E-state index contributed by atoms with van der Waals surface area (Å²) in [6.07, 6.45) is 3.29. The van der Waals surface area contributed by atoms with Crippen LogP contribution in [0.25, 0.3) is 0 Å². The van der Waals surface area contributed by atoms with Crippen molar-refractivity contribution in [2.75, 3.05) is 11.9 Å². The molecule has 33 heavy (non-hydrogen) atoms. The van der Waals surface area contributed by atoms with Crippen LogP contribution in [0.2, 0.25) is 0 Å². The number of carbonyl (C=O) groups is 3. The lowest BCUT2D eigenvalue weighted by atomic mass is 9.98. The lowest BCUT2D eigenvalue weighted by Gasteiger charge is -2.20. The van der Waals surface area contributed by atoms with Gasteiger partial charge in [0.15, 0.2) is 0 Å². The predicted octanol–water partition coefficient (Wildman–Crippen LogP) is 4.07. The van der Waals surface area contributed by atoms with Crippen LogP contribution in [0.1, 0.15) is 43.2 Å². The first-order valence-corrected chi connectivity index (χ1v) is 10.9. The minimum atomic E-state index is -2.97. The Labute approximate surface area is 190 Å². The molecule has 2 aromatic rings. The third-order valence-electron chi connectivity index (χ3n) is 6.06. The van der Waals surface area contributed by atoms with E-state index in [1.54, 1.807) is 6.07 Å². The molecule has 0 aromatic heterocycles. The van der Waals surface area contributed by atoms with E-state index >= 15 is 0 Å². The molecule has 0 atom stereocenters. The highest BCUT2D eigenvalue weighted by Gasteiger charge is 2.52. The van der Waals surface area contributed by atoms with E-state index in [-0.39, 0.29) is 24.6 Å². The number of nitrogens with zero attached hydrogens (tertiary/aromatic N) is 1. The zero-order valence-corrected chi connectivity index (χ0v) is 18.0. The molecule has 0 bridgehead atoms. The summed E-state index contributed by atoms with van der Waals surface area (Å²) in [5.41, 5.74) is 1.01. The highest BCUT2D eigenvalue weighted by Crippen LogP contribution is 2.35. The number of alkyl halides is 2. The highest BCUT2D eigenvalue weighted by molar-refractivity contribution is 6.07. The van der Waals surface area contributed by atoms with E-state index in [4.69, 9.17) is 0 Å². The van der Waals surface area contributed by atoms with Gasteiger partial charge in [-0.3, -0.25) is 14.5 Å². The molecule has 1 heterocycles. The Balaban J connectivity index is 1.40. The normalized spacial score (nSPS) is 17.0. The lowest BCUT2D eigenvalue weighted by molar-refractivity contribution is -0.131. The molecule has 2 fully saturated rings. The van der Waals surface area contributed by atoms with Crippen LogP contribution < -0.4 is 15.4 Å². The van der Waals surface area contributed by atoms with Gasteiger partial charge in [-0.2, -0.15) is 8.78 Å². The summed E-state index contributed by atoms with van der Waals surface area (Å²) in [6.45, 7) is -2.99. The first kappa shape index (κ1) is 22.7. The second-order valence-electron chi connectivity index (χ2n) is 8.34. The molecule has 1 saturated carbocycles. The molecule has 0 unspecified atom stereocenters. The van der Waals surface area contributed by atoms with Crippen molar-refractivity contribution < 1.29 is 27.9 Å². The number of hydrogen-bond donors (Lipinski definition) is 2. The minimum absolute atomic E-state index is 0.0261. The fraction of sp³-hybridized carbons (Fsp3) is 0.375. The van der Waals surface area contributed by atoms with Gasteiger partial charge in [0.2, 0.25) is 5.91 Å². The monoisotopic (exact) mass is 457 g/mol. The van der Waals surface area contributed by atoms with Crippen LogP contribution in [0.3, 0.4) is 0 Å². The number of rotatable bonds is 8. The first-order valence-electron chi connectivity index (χ1n) is 10.9. The van der Waals surface area contributed by atoms with Crippen molar-refractivity contribution in [3.05, 3.63) is 59.7 Å². The number of ether oxygens (including phenoxy) is 1. The maximum Gasteiger partial charge on any atom is 0.387 e. The van der Waals surface area contributed by atoms with Gasteiger partial charge in [0.25, 0.3) is 5.91 Å². The number of halogens is 2. The number of imide groups is 1. The third kappa shape index (κ3) is 5.13. The Morgan fingerprint density at radius 1 is 1.12 bits per heavy atom. The average molecular weight is 457 g/mol. The molecular formula is C24H25F2N3O4. The predicted molar refractivity (Wildman–Crippen MR) is 117 cm³/mol. The molecular weight excluding hydrogens is 432 g/mol. The summed E-state index contributed by atoms with van der Waals surface area (Å²) in [6, 6.07) is 13.3. The van der Waals surface area contributed by atoms with E-state index < -0.39 is 24.1 Å². The number of benzene rings is 2. The summed E-state index contributed by atoms with van der Waals surface area (Å²) in [7, 11) is 0. The minimum Gasteiger partial charge on any atom is -0.435 e. The molecule has 2 aromatic carbocycles. The van der Waals surface area contributed by atoms with E-state index in [0.29, 0.717) is 30.5 Å². The summed E-state index contributed by atoms with van der Waals surface area (Å²) in [5, 5.41) is 5.50. The Kier molecular flexibility index (Phi) is 6.57. The SMILES string of the molecule is O=C(CCN1C(=O)NC2(CCCC2)C1=O)Nc1ccc(OC(F)F)c(Cc2ccccc2)c1. The summed E-state index contributed by atoms with van der Waals surface area (Å²) >= 11 is 0. The van der Waals surface area contributed by atoms with Crippen molar-refractivity contribution in [3.8, 4) is 5.75 Å². The molecule has 4 amide bonds. The molecule has 1 saturated heterocycles. The third-order valence-corrected chi connectivity index (χ3v) is 6.06. The molecule has 1 spiro atoms. The van der Waals surface area contributed by atoms with Gasteiger partial charge in [-0.25, -0.2) is 4.79 Å². The summed E-state index contributed by atoms with van der Waals surface area (Å²) in [4.78, 5) is 38.5. The fourth-order valence-corrected chi connectivity index (χ4v) is 4.46. The van der Waals surface area contributed by atoms with Crippen molar-refractivity contribution in [3.63, 3.8) is 0 Å². The Morgan fingerprint density at radius 2 is 1.85 bits per heavy atom. The van der Waals surface area contributed by atoms with Crippen molar-refractivity contribution in [2.45, 2.75) is 50.7 Å². The maximum atomic E-state index is 12.8. The van der Waals surface area contributed by atoms with Gasteiger partial charge in [0, 0.05) is 30.6 Å². The second-order valence-corrected chi connectivity index (χ2v) is 8.34. The fourth-order valence-electron chi connectivity index (χ4n) is 4.46. The highest BCUT2D eigenvalue weighted by atomic mass is 19.3. The zero-order valence-electron chi connectivity index (χ0n) is 18.0. The Hall–Kier alpha value is -3.49. The average Bonchev–Trinajstić information content (AvgIpc) is 3.34. The molecule has 2 N–H and O–H groups in total. The van der Waals surface area contributed by atoms with Crippen LogP contribution in [-0.4, -0.2) is 41.4 Å². The van der Waals surface area contributed by atoms with Crippen LogP contribution in [-0.2, 0) is 16.0 Å². The molecule has 2 aliphatic rings. The molecule has 7 nitrogen and oxygen atoms in total. The van der Waals surface area contributed by atoms with Gasteiger partial charge in [-0.15, -0.1) is 0 Å². The van der Waals surface area contributed by atoms with Gasteiger partial charge >= 0.3 is 12.6 Å². The number of anilines is 1. The van der Waals surface area contributed by atoms with E-state index in [9.17, 15) is 23.2 Å². The van der Waals surface area contributed by atoms with Crippen LogP contribution in [0.5, 0.6) is 5.75 Å². The molecule has 4 rings (SSSR count). The van der Waals surface area contributed by atoms with Crippen molar-refractivity contribution in [1.82, 2.24) is 10.2 Å². The van der Waals surface area contributed by atoms with Crippen LogP contribution in [0.15, 0.2) is 48.5 Å². The van der Waals surface area contributed by atoms with Gasteiger partial charge in [0.1, 0.15) is 11.3 Å². The standard InChI is InChI=1S/C24H25F2N3O4/c25-22(26)33-19-9-8-18(15-17(19)14-16-6-2-1-3-7-16)27-20(30)10-13-29-21(31)24(28-23(29)32)11-4-5-12-24/h1-3,6-9,15,22H,4-5,10-14H2,(H,27,30)(H,28,32). The molecule has 0 radical (unpaired) electrons. The molecule has 1 aliphatic heterocycles. The van der Waals surface area contributed by atoms with Crippen molar-refractivity contribution in [1.29, 1.82) is 0 Å². The van der Waals surface area contributed by atoms with Crippen LogP contribution >= 0.6 is 0 Å². The quantitative estimate of drug-likeness (QED) is 0.585. The van der Waals surface area contributed by atoms with Crippen molar-refractivity contribution in [2.24, 2.45) is 0 Å². The van der Waals surface area contributed by atoms with Gasteiger partial charge < -0.3 is 15.4 Å². The topological polar surface area (TPSA) is 87.7 Å². The van der Waals surface area contributed by atoms with E-state index in [0.717, 1.165) is 23.3 Å². The summed E-state index contributed by atoms with van der Waals surface area (Å²) in [5.74, 6) is -0.624. The number of hydrogen-bond acceptors (Lipinski definition) is 4. The van der Waals surface area contributed by atoms with E-state index in [2.05, 4.69) is 15.4 Å². The second kappa shape index (κ2) is 9.56. The van der Waals surface area contributed by atoms with Gasteiger partial charge in [-0.05, 0) is 36.6 Å². The zero-order chi connectivity index (χ0) is 23.4. The Bertz CT molecular complexity index is 1040. The van der Waals surface area contributed by atoms with Crippen molar-refractivity contribution >= 4 is 23.5 Å². The smallest absolute Gasteiger partial charge is 0.387 e. The number of urea groups is 1. The van der Waals surface area contributed by atoms with Crippen LogP contribution in [0.4, 0.5) is 19.3 Å². The summed E-state index contributed by atoms with van der Waals surface area (Å²) < 4.78 is 30.3. The number of carbonyl (C=O) groups excluding carboxylic acids is 3. The molecule has 1 aliphatic carbocycles. The van der Waals surface area contributed by atoms with Gasteiger partial charge in [0.05, 0.1) is 0 Å². The first-order chi connectivity index (χ1) is 15.9. The largest absolute Gasteiger partial charge is 0.435 e. The Morgan fingerprint density at radius 3 is 2.55 bits per heavy atom. The number of amides is 4. The van der Waals surface area contributed by atoms with Gasteiger partial charge in [-0.1, -0.05) is 43.2 Å². The van der Waals surface area contributed by atoms with E-state index in [1.165, 1.54) is 12.1 Å².